The van der Waals surface area contributed by atoms with Crippen molar-refractivity contribution in [2.24, 2.45) is 0 Å². The topological polar surface area (TPSA) is 55.8 Å². The molecule has 1 rings (SSSR count). The van der Waals surface area contributed by atoms with E-state index in [1.165, 1.54) is 69.8 Å². The van der Waals surface area contributed by atoms with Crippen LogP contribution >= 0.6 is 0 Å². The second-order valence-electron chi connectivity index (χ2n) is 7.92. The smallest absolute Gasteiger partial charge is 0.333 e. The van der Waals surface area contributed by atoms with Crippen LogP contribution in [0.1, 0.15) is 83.6 Å². The predicted octanol–water partition coefficient (Wildman–Crippen LogP) is 6.01. The highest BCUT2D eigenvalue weighted by Crippen LogP contribution is 2.16. The Bertz CT molecular complexity index is 565. The van der Waals surface area contributed by atoms with Crippen molar-refractivity contribution in [2.45, 2.75) is 90.6 Å². The lowest BCUT2D eigenvalue weighted by Gasteiger charge is -2.13. The third-order valence-corrected chi connectivity index (χ3v) is 4.94. The second-order valence-corrected chi connectivity index (χ2v) is 7.92. The number of ether oxygens (including phenoxy) is 2. The summed E-state index contributed by atoms with van der Waals surface area (Å²) in [6.07, 6.45) is 13.7. The third kappa shape index (κ3) is 13.1. The van der Waals surface area contributed by atoms with Gasteiger partial charge in [-0.25, -0.2) is 4.79 Å². The average molecular weight is 405 g/mol. The first-order chi connectivity index (χ1) is 14.0. The number of benzene rings is 1. The summed E-state index contributed by atoms with van der Waals surface area (Å²) in [6, 6.07) is 8.02. The first kappa shape index (κ1) is 25.2. The number of aryl methyl sites for hydroxylation is 1. The molecule has 0 saturated heterocycles. The molecule has 0 aliphatic rings. The van der Waals surface area contributed by atoms with Gasteiger partial charge in [0.25, 0.3) is 0 Å². The normalized spacial score (nSPS) is 11.8. The Kier molecular flexibility index (Phi) is 14.0. The van der Waals surface area contributed by atoms with Crippen LogP contribution in [0.15, 0.2) is 36.4 Å². The first-order valence-electron chi connectivity index (χ1n) is 11.2. The summed E-state index contributed by atoms with van der Waals surface area (Å²) in [6.45, 7) is 7.32. The van der Waals surface area contributed by atoms with Gasteiger partial charge in [0.1, 0.15) is 25.1 Å². The van der Waals surface area contributed by atoms with E-state index in [-0.39, 0.29) is 13.2 Å². The largest absolute Gasteiger partial charge is 0.491 e. The number of unbranched alkanes of at least 4 members (excludes halogenated alkanes) is 9. The third-order valence-electron chi connectivity index (χ3n) is 4.94. The molecule has 0 bridgehead atoms. The zero-order valence-electron chi connectivity index (χ0n) is 18.5. The van der Waals surface area contributed by atoms with Crippen LogP contribution in [0.2, 0.25) is 0 Å². The summed E-state index contributed by atoms with van der Waals surface area (Å²) in [4.78, 5) is 11.3. The Morgan fingerprint density at radius 1 is 0.931 bits per heavy atom. The van der Waals surface area contributed by atoms with Crippen molar-refractivity contribution in [3.63, 3.8) is 0 Å². The van der Waals surface area contributed by atoms with Crippen LogP contribution < -0.4 is 4.74 Å². The molecule has 0 aliphatic carbocycles. The number of hydrogen-bond donors (Lipinski definition) is 1. The fraction of sp³-hybridized carbons (Fsp3) is 0.640. The Morgan fingerprint density at radius 2 is 1.48 bits per heavy atom. The summed E-state index contributed by atoms with van der Waals surface area (Å²) in [5, 5.41) is 9.82. The summed E-state index contributed by atoms with van der Waals surface area (Å²) in [5.41, 5.74) is 1.63. The quantitative estimate of drug-likeness (QED) is 0.196. The summed E-state index contributed by atoms with van der Waals surface area (Å²) < 4.78 is 10.5. The van der Waals surface area contributed by atoms with Gasteiger partial charge in [0.2, 0.25) is 0 Å². The van der Waals surface area contributed by atoms with Gasteiger partial charge in [-0.3, -0.25) is 0 Å². The van der Waals surface area contributed by atoms with Gasteiger partial charge >= 0.3 is 5.97 Å². The van der Waals surface area contributed by atoms with Gasteiger partial charge in [-0.1, -0.05) is 83.4 Å². The number of hydrogen-bond acceptors (Lipinski definition) is 4. The van der Waals surface area contributed by atoms with E-state index >= 15 is 0 Å². The maximum absolute atomic E-state index is 11.3. The highest BCUT2D eigenvalue weighted by molar-refractivity contribution is 5.86. The van der Waals surface area contributed by atoms with Crippen LogP contribution in [0.25, 0.3) is 0 Å². The molecular formula is C25H40O4. The van der Waals surface area contributed by atoms with Crippen molar-refractivity contribution < 1.29 is 19.4 Å². The summed E-state index contributed by atoms with van der Waals surface area (Å²) in [5.74, 6) is 0.211. The minimum Gasteiger partial charge on any atom is -0.491 e. The molecule has 0 spiro atoms. The average Bonchev–Trinajstić information content (AvgIpc) is 2.72. The molecule has 0 radical (unpaired) electrons. The first-order valence-corrected chi connectivity index (χ1v) is 11.2. The van der Waals surface area contributed by atoms with Gasteiger partial charge in [-0.15, -0.1) is 0 Å². The van der Waals surface area contributed by atoms with Crippen molar-refractivity contribution in [3.8, 4) is 5.75 Å². The van der Waals surface area contributed by atoms with Crippen LogP contribution in [0.4, 0.5) is 0 Å². The lowest BCUT2D eigenvalue weighted by atomic mass is 10.0. The second kappa shape index (κ2) is 16.0. The van der Waals surface area contributed by atoms with E-state index in [0.717, 1.165) is 6.42 Å². The Balaban J connectivity index is 2.08. The molecule has 1 N–H and O–H groups in total. The predicted molar refractivity (Wildman–Crippen MR) is 119 cm³/mol. The highest BCUT2D eigenvalue weighted by atomic mass is 16.5. The SMILES string of the molecule is C=C(C)C(=O)OCC(O)COc1ccc(CCCCCCCCCCCC)cc1. The maximum atomic E-state index is 11.3. The Morgan fingerprint density at radius 3 is 2.03 bits per heavy atom. The van der Waals surface area contributed by atoms with Crippen LogP contribution in [0, 0.1) is 0 Å². The van der Waals surface area contributed by atoms with E-state index in [4.69, 9.17) is 9.47 Å². The fourth-order valence-electron chi connectivity index (χ4n) is 3.10. The van der Waals surface area contributed by atoms with Crippen molar-refractivity contribution >= 4 is 5.97 Å². The zero-order chi connectivity index (χ0) is 21.3. The molecule has 0 aromatic heterocycles. The monoisotopic (exact) mass is 404 g/mol. The number of carbonyl (C=O) groups is 1. The maximum Gasteiger partial charge on any atom is 0.333 e. The number of carbonyl (C=O) groups excluding carboxylic acids is 1. The van der Waals surface area contributed by atoms with E-state index in [1.807, 2.05) is 12.1 Å². The van der Waals surface area contributed by atoms with Gasteiger partial charge in [0.05, 0.1) is 0 Å². The minimum absolute atomic E-state index is 0.0846. The highest BCUT2D eigenvalue weighted by Gasteiger charge is 2.10. The summed E-state index contributed by atoms with van der Waals surface area (Å²) >= 11 is 0. The summed E-state index contributed by atoms with van der Waals surface area (Å²) in [7, 11) is 0. The van der Waals surface area contributed by atoms with Gasteiger partial charge < -0.3 is 14.6 Å². The molecule has 1 aromatic carbocycles. The van der Waals surface area contributed by atoms with E-state index in [9.17, 15) is 9.90 Å². The molecule has 4 heteroatoms. The van der Waals surface area contributed by atoms with Crippen molar-refractivity contribution in [1.82, 2.24) is 0 Å². The van der Waals surface area contributed by atoms with Crippen molar-refractivity contribution in [2.75, 3.05) is 13.2 Å². The molecule has 29 heavy (non-hydrogen) atoms. The zero-order valence-corrected chi connectivity index (χ0v) is 18.5. The number of aliphatic hydroxyl groups excluding tert-OH is 1. The Hall–Kier alpha value is -1.81. The van der Waals surface area contributed by atoms with Gasteiger partial charge in [-0.2, -0.15) is 0 Å². The Labute approximate surface area is 177 Å². The minimum atomic E-state index is -0.857. The standard InChI is InChI=1S/C25H40O4/c1-4-5-6-7-8-9-10-11-12-13-14-22-15-17-24(18-16-22)28-19-23(26)20-29-25(27)21(2)3/h15-18,23,26H,2,4-14,19-20H2,1,3H3. The van der Waals surface area contributed by atoms with E-state index in [2.05, 4.69) is 25.6 Å². The molecule has 1 atom stereocenters. The van der Waals surface area contributed by atoms with Gasteiger partial charge in [0, 0.05) is 5.57 Å². The molecular weight excluding hydrogens is 364 g/mol. The number of aliphatic hydroxyl groups is 1. The van der Waals surface area contributed by atoms with E-state index < -0.39 is 12.1 Å². The van der Waals surface area contributed by atoms with Crippen LogP contribution in [-0.2, 0) is 16.0 Å². The van der Waals surface area contributed by atoms with Crippen molar-refractivity contribution in [1.29, 1.82) is 0 Å². The van der Waals surface area contributed by atoms with Crippen LogP contribution in [-0.4, -0.2) is 30.4 Å². The van der Waals surface area contributed by atoms with E-state index in [0.29, 0.717) is 11.3 Å². The molecule has 0 fully saturated rings. The fourth-order valence-corrected chi connectivity index (χ4v) is 3.10. The van der Waals surface area contributed by atoms with Gasteiger partial charge in [-0.05, 0) is 37.5 Å². The van der Waals surface area contributed by atoms with Gasteiger partial charge in [0.15, 0.2) is 0 Å². The molecule has 164 valence electrons. The van der Waals surface area contributed by atoms with E-state index in [1.54, 1.807) is 6.92 Å². The number of esters is 1. The lowest BCUT2D eigenvalue weighted by Crippen LogP contribution is -2.25. The molecule has 0 aliphatic heterocycles. The molecule has 0 saturated carbocycles. The molecule has 1 aromatic rings. The molecule has 1 unspecified atom stereocenters. The molecule has 0 heterocycles. The van der Waals surface area contributed by atoms with Crippen LogP contribution in [0.5, 0.6) is 5.75 Å². The van der Waals surface area contributed by atoms with Crippen LogP contribution in [0.3, 0.4) is 0 Å². The number of rotatable bonds is 17. The lowest BCUT2D eigenvalue weighted by molar-refractivity contribution is -0.142. The molecule has 0 amide bonds. The molecule has 4 nitrogen and oxygen atoms in total. The van der Waals surface area contributed by atoms with Crippen molar-refractivity contribution in [3.05, 3.63) is 42.0 Å².